The van der Waals surface area contributed by atoms with E-state index in [2.05, 4.69) is 0 Å². The zero-order valence-corrected chi connectivity index (χ0v) is 7.98. The molecule has 72 valence electrons. The van der Waals surface area contributed by atoms with Gasteiger partial charge in [0.1, 0.15) is 11.9 Å². The van der Waals surface area contributed by atoms with Crippen LogP contribution in [0.4, 0.5) is 4.39 Å². The Morgan fingerprint density at radius 1 is 1.62 bits per heavy atom. The average molecular weight is 182 g/mol. The fraction of sp³-hybridized carbons (Fsp3) is 0.636. The molecule has 0 saturated heterocycles. The molecule has 0 aromatic rings. The Bertz CT molecular complexity index is 265. The van der Waals surface area contributed by atoms with Crippen LogP contribution in [0.2, 0.25) is 0 Å². The van der Waals surface area contributed by atoms with Crippen LogP contribution in [0.25, 0.3) is 0 Å². The third-order valence-electron chi connectivity index (χ3n) is 2.76. The fourth-order valence-electron chi connectivity index (χ4n) is 1.96. The molecular weight excluding hydrogens is 167 g/mol. The topological polar surface area (TPSA) is 9.23 Å². The van der Waals surface area contributed by atoms with Gasteiger partial charge < -0.3 is 4.74 Å². The largest absolute Gasteiger partial charge is 0.498 e. The highest BCUT2D eigenvalue weighted by molar-refractivity contribution is 5.34. The molecule has 0 aromatic carbocycles. The Morgan fingerprint density at radius 3 is 3.23 bits per heavy atom. The fourth-order valence-corrected chi connectivity index (χ4v) is 1.96. The molecule has 2 rings (SSSR count). The number of alkyl halides is 1. The molecule has 0 fully saturated rings. The molecule has 1 aliphatic heterocycles. The summed E-state index contributed by atoms with van der Waals surface area (Å²) in [7, 11) is 0. The smallest absolute Gasteiger partial charge is 0.128 e. The minimum Gasteiger partial charge on any atom is -0.498 e. The van der Waals surface area contributed by atoms with Crippen LogP contribution in [-0.2, 0) is 4.74 Å². The minimum absolute atomic E-state index is 0.467. The molecule has 0 N–H and O–H groups in total. The van der Waals surface area contributed by atoms with Gasteiger partial charge in [0.25, 0.3) is 0 Å². The van der Waals surface area contributed by atoms with E-state index in [-0.39, 0.29) is 0 Å². The monoisotopic (exact) mass is 182 g/mol. The molecule has 1 atom stereocenters. The maximum atomic E-state index is 13.4. The Kier molecular flexibility index (Phi) is 2.38. The molecule has 0 radical (unpaired) electrons. The Morgan fingerprint density at radius 2 is 2.46 bits per heavy atom. The van der Waals surface area contributed by atoms with E-state index in [4.69, 9.17) is 4.74 Å². The van der Waals surface area contributed by atoms with Gasteiger partial charge in [-0.15, -0.1) is 0 Å². The zero-order valence-electron chi connectivity index (χ0n) is 7.98. The summed E-state index contributed by atoms with van der Waals surface area (Å²) >= 11 is 0. The van der Waals surface area contributed by atoms with Crippen molar-refractivity contribution in [3.05, 3.63) is 23.0 Å². The van der Waals surface area contributed by atoms with Crippen LogP contribution in [0.1, 0.15) is 32.6 Å². The Labute approximate surface area is 78.3 Å². The van der Waals surface area contributed by atoms with Gasteiger partial charge in [-0.1, -0.05) is 13.0 Å². The van der Waals surface area contributed by atoms with Crippen molar-refractivity contribution >= 4 is 0 Å². The standard InChI is InChI=1S/C11H15FO/c1-2-8-6-9-4-3-5-13-11(9)7-10(8)12/h6,10H,2-5,7H2,1H3/t10-/m1/s1. The number of halogens is 1. The van der Waals surface area contributed by atoms with Gasteiger partial charge in [0.15, 0.2) is 0 Å². The summed E-state index contributed by atoms with van der Waals surface area (Å²) in [6.45, 7) is 2.77. The molecule has 0 saturated carbocycles. The maximum absolute atomic E-state index is 13.4. The normalized spacial score (nSPS) is 27.8. The number of allylic oxidation sites excluding steroid dienone is 4. The van der Waals surface area contributed by atoms with Crippen LogP contribution >= 0.6 is 0 Å². The lowest BCUT2D eigenvalue weighted by atomic mass is 9.91. The summed E-state index contributed by atoms with van der Waals surface area (Å²) in [4.78, 5) is 0. The molecule has 0 spiro atoms. The van der Waals surface area contributed by atoms with Crippen molar-refractivity contribution in [2.24, 2.45) is 0 Å². The lowest BCUT2D eigenvalue weighted by Crippen LogP contribution is -2.17. The number of rotatable bonds is 1. The van der Waals surface area contributed by atoms with E-state index in [9.17, 15) is 4.39 Å². The van der Waals surface area contributed by atoms with E-state index in [0.717, 1.165) is 37.2 Å². The van der Waals surface area contributed by atoms with Crippen molar-refractivity contribution in [2.45, 2.75) is 38.8 Å². The van der Waals surface area contributed by atoms with Gasteiger partial charge in [-0.2, -0.15) is 0 Å². The van der Waals surface area contributed by atoms with Gasteiger partial charge in [-0.05, 0) is 30.4 Å². The van der Waals surface area contributed by atoms with Crippen molar-refractivity contribution in [1.82, 2.24) is 0 Å². The summed E-state index contributed by atoms with van der Waals surface area (Å²) in [5.74, 6) is 0.899. The molecule has 0 amide bonds. The lowest BCUT2D eigenvalue weighted by Gasteiger charge is -2.26. The number of hydrogen-bond acceptors (Lipinski definition) is 1. The second-order valence-corrected chi connectivity index (χ2v) is 3.64. The van der Waals surface area contributed by atoms with E-state index in [1.165, 1.54) is 5.57 Å². The van der Waals surface area contributed by atoms with E-state index < -0.39 is 6.17 Å². The van der Waals surface area contributed by atoms with E-state index in [1.54, 1.807) is 0 Å². The molecule has 2 aliphatic rings. The van der Waals surface area contributed by atoms with Crippen LogP contribution in [-0.4, -0.2) is 12.8 Å². The van der Waals surface area contributed by atoms with Crippen LogP contribution in [0.3, 0.4) is 0 Å². The van der Waals surface area contributed by atoms with Crippen LogP contribution in [0, 0.1) is 0 Å². The molecule has 0 aromatic heterocycles. The van der Waals surface area contributed by atoms with Crippen LogP contribution in [0.5, 0.6) is 0 Å². The number of hydrogen-bond donors (Lipinski definition) is 0. The molecule has 1 nitrogen and oxygen atoms in total. The quantitative estimate of drug-likeness (QED) is 0.605. The van der Waals surface area contributed by atoms with Gasteiger partial charge in [-0.25, -0.2) is 4.39 Å². The third-order valence-corrected chi connectivity index (χ3v) is 2.76. The SMILES string of the molecule is CCC1=CC2=C(C[C@H]1F)OCCC2. The van der Waals surface area contributed by atoms with Gasteiger partial charge in [0.2, 0.25) is 0 Å². The zero-order chi connectivity index (χ0) is 9.26. The summed E-state index contributed by atoms with van der Waals surface area (Å²) in [5.41, 5.74) is 2.17. The highest BCUT2D eigenvalue weighted by Gasteiger charge is 2.24. The first-order valence-corrected chi connectivity index (χ1v) is 5.00. The van der Waals surface area contributed by atoms with Gasteiger partial charge in [0.05, 0.1) is 6.61 Å². The second-order valence-electron chi connectivity index (χ2n) is 3.64. The second kappa shape index (κ2) is 3.52. The molecule has 13 heavy (non-hydrogen) atoms. The molecule has 1 heterocycles. The van der Waals surface area contributed by atoms with Gasteiger partial charge in [-0.3, -0.25) is 0 Å². The van der Waals surface area contributed by atoms with Gasteiger partial charge >= 0.3 is 0 Å². The Hall–Kier alpha value is -0.790. The molecular formula is C11H15FO. The van der Waals surface area contributed by atoms with Crippen LogP contribution in [0.15, 0.2) is 23.0 Å². The van der Waals surface area contributed by atoms with Crippen molar-refractivity contribution < 1.29 is 9.13 Å². The van der Waals surface area contributed by atoms with E-state index in [0.29, 0.717) is 6.42 Å². The summed E-state index contributed by atoms with van der Waals surface area (Å²) < 4.78 is 18.9. The first kappa shape index (κ1) is 8.79. The Balaban J connectivity index is 2.24. The third kappa shape index (κ3) is 1.62. The van der Waals surface area contributed by atoms with E-state index in [1.807, 2.05) is 13.0 Å². The van der Waals surface area contributed by atoms with Gasteiger partial charge in [0, 0.05) is 6.42 Å². The summed E-state index contributed by atoms with van der Waals surface area (Å²) in [6.07, 6.45) is 4.62. The van der Waals surface area contributed by atoms with Crippen LogP contribution < -0.4 is 0 Å². The van der Waals surface area contributed by atoms with Crippen molar-refractivity contribution in [3.8, 4) is 0 Å². The summed E-state index contributed by atoms with van der Waals surface area (Å²) in [6, 6.07) is 0. The van der Waals surface area contributed by atoms with E-state index >= 15 is 0 Å². The van der Waals surface area contributed by atoms with Crippen molar-refractivity contribution in [1.29, 1.82) is 0 Å². The summed E-state index contributed by atoms with van der Waals surface area (Å²) in [5, 5.41) is 0. The van der Waals surface area contributed by atoms with Crippen molar-refractivity contribution in [3.63, 3.8) is 0 Å². The minimum atomic E-state index is -0.804. The highest BCUT2D eigenvalue weighted by atomic mass is 19.1. The highest BCUT2D eigenvalue weighted by Crippen LogP contribution is 2.33. The lowest BCUT2D eigenvalue weighted by molar-refractivity contribution is 0.162. The predicted molar refractivity (Wildman–Crippen MR) is 50.1 cm³/mol. The first-order valence-electron chi connectivity index (χ1n) is 5.00. The molecule has 1 aliphatic carbocycles. The van der Waals surface area contributed by atoms with Crippen molar-refractivity contribution in [2.75, 3.05) is 6.61 Å². The molecule has 0 unspecified atom stereocenters. The molecule has 2 heteroatoms. The number of ether oxygens (including phenoxy) is 1. The maximum Gasteiger partial charge on any atom is 0.128 e. The predicted octanol–water partition coefficient (Wildman–Crippen LogP) is 3.13. The first-order chi connectivity index (χ1) is 6.31. The molecule has 0 bridgehead atoms. The average Bonchev–Trinajstić information content (AvgIpc) is 2.17.